The number of aromatic nitrogens is 1. The molecule has 0 spiro atoms. The molecule has 7 nitrogen and oxygen atoms in total. The van der Waals surface area contributed by atoms with Gasteiger partial charge in [0.2, 0.25) is 0 Å². The van der Waals surface area contributed by atoms with Crippen LogP contribution in [0.15, 0.2) is 36.5 Å². The molecule has 1 fully saturated rings. The van der Waals surface area contributed by atoms with Crippen LogP contribution in [0.3, 0.4) is 0 Å². The molecule has 4 rings (SSSR count). The minimum atomic E-state index is -0.511. The highest BCUT2D eigenvalue weighted by Crippen LogP contribution is 2.36. The van der Waals surface area contributed by atoms with Gasteiger partial charge in [-0.05, 0) is 50.5 Å². The van der Waals surface area contributed by atoms with Crippen molar-refractivity contribution >= 4 is 23.1 Å². The maximum atomic E-state index is 13.5. The third-order valence-corrected chi connectivity index (χ3v) is 5.35. The molecular weight excluding hydrogens is 380 g/mol. The summed E-state index contributed by atoms with van der Waals surface area (Å²) in [5, 5.41) is 12.4. The van der Waals surface area contributed by atoms with Gasteiger partial charge >= 0.3 is 0 Å². The van der Waals surface area contributed by atoms with Crippen LogP contribution in [0.5, 0.6) is 0 Å². The SMILES string of the molecule is CC(C)OC1CCC(C(=O)N2Cc3cccnc3Nc3ccc(CC#N)cc32)OC1. The molecule has 7 heteroatoms. The molecule has 2 aromatic rings. The average Bonchev–Trinajstić information content (AvgIpc) is 2.90. The van der Waals surface area contributed by atoms with Gasteiger partial charge in [0.1, 0.15) is 11.9 Å². The first kappa shape index (κ1) is 20.3. The second kappa shape index (κ2) is 8.82. The maximum absolute atomic E-state index is 13.5. The van der Waals surface area contributed by atoms with Gasteiger partial charge in [-0.1, -0.05) is 12.1 Å². The van der Waals surface area contributed by atoms with Crippen LogP contribution in [-0.4, -0.2) is 35.8 Å². The molecule has 30 heavy (non-hydrogen) atoms. The number of carbonyl (C=O) groups is 1. The minimum absolute atomic E-state index is 0.0271. The normalized spacial score (nSPS) is 20.5. The number of rotatable bonds is 4. The van der Waals surface area contributed by atoms with Crippen molar-refractivity contribution in [3.63, 3.8) is 0 Å². The lowest BCUT2D eigenvalue weighted by Gasteiger charge is -2.33. The fourth-order valence-electron chi connectivity index (χ4n) is 3.95. The Bertz CT molecular complexity index is 961. The lowest BCUT2D eigenvalue weighted by Crippen LogP contribution is -2.44. The van der Waals surface area contributed by atoms with Crippen molar-refractivity contribution in [2.75, 3.05) is 16.8 Å². The van der Waals surface area contributed by atoms with Crippen LogP contribution in [0.25, 0.3) is 0 Å². The molecule has 156 valence electrons. The lowest BCUT2D eigenvalue weighted by atomic mass is 10.0. The Hall–Kier alpha value is -2.95. The highest BCUT2D eigenvalue weighted by Gasteiger charge is 2.34. The monoisotopic (exact) mass is 406 g/mol. The number of nitrogens with one attached hydrogen (secondary N) is 1. The van der Waals surface area contributed by atoms with Gasteiger partial charge in [0.05, 0.1) is 49.2 Å². The van der Waals surface area contributed by atoms with E-state index in [0.717, 1.165) is 34.7 Å². The number of ether oxygens (including phenoxy) is 2. The van der Waals surface area contributed by atoms with Gasteiger partial charge in [0.15, 0.2) is 0 Å². The molecule has 3 heterocycles. The number of carbonyl (C=O) groups excluding carboxylic acids is 1. The first-order valence-corrected chi connectivity index (χ1v) is 10.3. The summed E-state index contributed by atoms with van der Waals surface area (Å²) >= 11 is 0. The molecule has 1 saturated heterocycles. The lowest BCUT2D eigenvalue weighted by molar-refractivity contribution is -0.143. The molecule has 2 aliphatic rings. The van der Waals surface area contributed by atoms with Crippen molar-refractivity contribution in [2.45, 2.75) is 58.0 Å². The topological polar surface area (TPSA) is 87.5 Å². The number of amides is 1. The molecule has 2 unspecified atom stereocenters. The maximum Gasteiger partial charge on any atom is 0.256 e. The summed E-state index contributed by atoms with van der Waals surface area (Å²) < 4.78 is 11.8. The van der Waals surface area contributed by atoms with E-state index < -0.39 is 6.10 Å². The molecule has 2 aliphatic heterocycles. The minimum Gasteiger partial charge on any atom is -0.373 e. The van der Waals surface area contributed by atoms with E-state index in [2.05, 4.69) is 16.4 Å². The fraction of sp³-hybridized carbons (Fsp3) is 0.435. The molecule has 1 N–H and O–H groups in total. The fourth-order valence-corrected chi connectivity index (χ4v) is 3.95. The Morgan fingerprint density at radius 3 is 3.00 bits per heavy atom. The van der Waals surface area contributed by atoms with Crippen molar-refractivity contribution in [1.29, 1.82) is 5.26 Å². The Kier molecular flexibility index (Phi) is 5.98. The van der Waals surface area contributed by atoms with Gasteiger partial charge < -0.3 is 19.7 Å². The number of nitrogens with zero attached hydrogens (tertiary/aromatic N) is 3. The summed E-state index contributed by atoms with van der Waals surface area (Å²) in [6, 6.07) is 11.7. The van der Waals surface area contributed by atoms with E-state index in [1.807, 2.05) is 44.2 Å². The predicted molar refractivity (Wildman–Crippen MR) is 113 cm³/mol. The Balaban J connectivity index is 1.62. The molecule has 1 aromatic heterocycles. The Morgan fingerprint density at radius 2 is 2.27 bits per heavy atom. The van der Waals surface area contributed by atoms with E-state index in [9.17, 15) is 4.79 Å². The zero-order chi connectivity index (χ0) is 21.1. The first-order chi connectivity index (χ1) is 14.5. The zero-order valence-corrected chi connectivity index (χ0v) is 17.3. The van der Waals surface area contributed by atoms with Crippen LogP contribution >= 0.6 is 0 Å². The van der Waals surface area contributed by atoms with Gasteiger partial charge in [-0.2, -0.15) is 5.26 Å². The third kappa shape index (κ3) is 4.30. The highest BCUT2D eigenvalue weighted by molar-refractivity contribution is 6.00. The number of benzene rings is 1. The van der Waals surface area contributed by atoms with Crippen molar-refractivity contribution < 1.29 is 14.3 Å². The number of nitriles is 1. The van der Waals surface area contributed by atoms with E-state index in [-0.39, 0.29) is 24.5 Å². The molecule has 0 radical (unpaired) electrons. The van der Waals surface area contributed by atoms with Gasteiger partial charge in [0, 0.05) is 11.8 Å². The molecule has 1 amide bonds. The van der Waals surface area contributed by atoms with Crippen molar-refractivity contribution in [3.8, 4) is 6.07 Å². The van der Waals surface area contributed by atoms with E-state index in [1.165, 1.54) is 0 Å². The van der Waals surface area contributed by atoms with Crippen LogP contribution < -0.4 is 10.2 Å². The average molecular weight is 406 g/mol. The van der Waals surface area contributed by atoms with Crippen LogP contribution in [0.2, 0.25) is 0 Å². The van der Waals surface area contributed by atoms with Gasteiger partial charge in [-0.25, -0.2) is 4.98 Å². The van der Waals surface area contributed by atoms with Gasteiger partial charge in [0.25, 0.3) is 5.91 Å². The Morgan fingerprint density at radius 1 is 1.40 bits per heavy atom. The second-order valence-corrected chi connectivity index (χ2v) is 7.95. The summed E-state index contributed by atoms with van der Waals surface area (Å²) in [4.78, 5) is 19.7. The van der Waals surface area contributed by atoms with E-state index in [1.54, 1.807) is 11.1 Å². The molecule has 2 atom stereocenters. The van der Waals surface area contributed by atoms with Crippen LogP contribution in [0.1, 0.15) is 37.8 Å². The standard InChI is InChI=1S/C23H26N4O3/c1-15(2)30-18-6-8-21(29-14-18)23(28)27-13-17-4-3-11-25-22(17)26-19-7-5-16(9-10-24)12-20(19)27/h3-5,7,11-12,15,18,21H,6,8-9,13-14H2,1-2H3,(H,25,26). The number of pyridine rings is 1. The number of fused-ring (bicyclic) bond motifs is 2. The molecular formula is C23H26N4O3. The molecule has 0 aliphatic carbocycles. The van der Waals surface area contributed by atoms with Crippen molar-refractivity contribution in [3.05, 3.63) is 47.7 Å². The van der Waals surface area contributed by atoms with E-state index in [4.69, 9.17) is 14.7 Å². The van der Waals surface area contributed by atoms with Crippen molar-refractivity contribution in [2.24, 2.45) is 0 Å². The summed E-state index contributed by atoms with van der Waals surface area (Å²) in [6.45, 7) is 4.81. The van der Waals surface area contributed by atoms with Crippen LogP contribution in [-0.2, 0) is 27.2 Å². The van der Waals surface area contributed by atoms with Crippen LogP contribution in [0, 0.1) is 11.3 Å². The van der Waals surface area contributed by atoms with E-state index >= 15 is 0 Å². The van der Waals surface area contributed by atoms with Gasteiger partial charge in [-0.15, -0.1) is 0 Å². The Labute approximate surface area is 176 Å². The predicted octanol–water partition coefficient (Wildman–Crippen LogP) is 3.71. The number of hydrogen-bond acceptors (Lipinski definition) is 6. The summed E-state index contributed by atoms with van der Waals surface area (Å²) in [7, 11) is 0. The van der Waals surface area contributed by atoms with Gasteiger partial charge in [-0.3, -0.25) is 4.79 Å². The number of hydrogen-bond donors (Lipinski definition) is 1. The zero-order valence-electron chi connectivity index (χ0n) is 17.3. The first-order valence-electron chi connectivity index (χ1n) is 10.3. The summed E-state index contributed by atoms with van der Waals surface area (Å²) in [6.07, 6.45) is 3.08. The number of anilines is 3. The smallest absolute Gasteiger partial charge is 0.256 e. The highest BCUT2D eigenvalue weighted by atomic mass is 16.5. The summed E-state index contributed by atoms with van der Waals surface area (Å²) in [5.74, 6) is 0.656. The summed E-state index contributed by atoms with van der Waals surface area (Å²) in [5.41, 5.74) is 3.33. The quantitative estimate of drug-likeness (QED) is 0.833. The van der Waals surface area contributed by atoms with Crippen LogP contribution in [0.4, 0.5) is 17.2 Å². The molecule has 0 bridgehead atoms. The molecule has 1 aromatic carbocycles. The largest absolute Gasteiger partial charge is 0.373 e. The van der Waals surface area contributed by atoms with E-state index in [0.29, 0.717) is 19.6 Å². The molecule has 0 saturated carbocycles. The second-order valence-electron chi connectivity index (χ2n) is 7.95. The third-order valence-electron chi connectivity index (χ3n) is 5.35. The van der Waals surface area contributed by atoms with Crippen molar-refractivity contribution in [1.82, 2.24) is 4.98 Å².